The average molecular weight is 304 g/mol. The Morgan fingerprint density at radius 3 is 0.500 bits per heavy atom. The first-order valence-electron chi connectivity index (χ1n) is 1.84. The Morgan fingerprint density at radius 1 is 0.500 bits per heavy atom. The molecule has 0 aliphatic heterocycles. The van der Waals surface area contributed by atoms with Gasteiger partial charge in [-0.15, -0.1) is 0 Å². The van der Waals surface area contributed by atoms with Crippen LogP contribution in [0.5, 0.6) is 0 Å². The smallest absolute Gasteiger partial charge is 0.672 e. The number of hydrogen-bond acceptors (Lipinski definition) is 9. The molecule has 0 spiro atoms. The van der Waals surface area contributed by atoms with E-state index < -0.39 is 27.5 Å². The SMILES string of the molecule is O=[Si]([O-])[O-].O=[Si]([O-])[O-].O=[Si]([O-])[O-].[Al+3].[Al+3].[B].[B]. The van der Waals surface area contributed by atoms with E-state index in [4.69, 9.17) is 42.2 Å². The Kier molecular flexibility index (Phi) is 101. The fraction of sp³-hybridized carbons (Fsp3) is 0. The van der Waals surface area contributed by atoms with Crippen molar-refractivity contribution < 1.29 is 42.2 Å². The van der Waals surface area contributed by atoms with Gasteiger partial charge in [0.25, 0.3) is 0 Å². The van der Waals surface area contributed by atoms with Gasteiger partial charge in [0, 0.05) is 44.3 Å². The van der Waals surface area contributed by atoms with Gasteiger partial charge in [0.2, 0.25) is 0 Å². The monoisotopic (exact) mass is 304 g/mol. The van der Waals surface area contributed by atoms with Gasteiger partial charge < -0.3 is 42.2 Å². The molecule has 0 saturated heterocycles. The largest absolute Gasteiger partial charge is 3.00 e. The van der Waals surface area contributed by atoms with Crippen molar-refractivity contribution in [2.24, 2.45) is 0 Å². The quantitative estimate of drug-likeness (QED) is 0.391. The molecule has 0 rings (SSSR count). The molecule has 0 aromatic heterocycles. The van der Waals surface area contributed by atoms with Crippen molar-refractivity contribution in [1.29, 1.82) is 0 Å². The average Bonchev–Trinajstić information content (AvgIpc) is 1.54. The van der Waals surface area contributed by atoms with E-state index in [1.54, 1.807) is 0 Å². The maximum absolute atomic E-state index is 8.52. The van der Waals surface area contributed by atoms with Crippen molar-refractivity contribution in [1.82, 2.24) is 0 Å². The van der Waals surface area contributed by atoms with Gasteiger partial charge in [0.05, 0.1) is 0 Å². The van der Waals surface area contributed by atoms with E-state index in [2.05, 4.69) is 0 Å². The molecular formula is Al2B2O9Si3. The van der Waals surface area contributed by atoms with Gasteiger partial charge in [-0.2, -0.15) is 0 Å². The molecule has 0 saturated carbocycles. The van der Waals surface area contributed by atoms with Crippen LogP contribution in [0, 0.1) is 0 Å². The van der Waals surface area contributed by atoms with E-state index in [1.165, 1.54) is 0 Å². The van der Waals surface area contributed by atoms with E-state index in [0.29, 0.717) is 0 Å². The summed E-state index contributed by atoms with van der Waals surface area (Å²) < 4.78 is 25.6. The first-order chi connectivity index (χ1) is 5.20. The van der Waals surface area contributed by atoms with E-state index in [9.17, 15) is 0 Å². The van der Waals surface area contributed by atoms with Gasteiger partial charge >= 0.3 is 34.7 Å². The molecule has 16 heteroatoms. The number of hydrogen-bond donors (Lipinski definition) is 0. The van der Waals surface area contributed by atoms with Crippen LogP contribution in [0.25, 0.3) is 0 Å². The maximum Gasteiger partial charge on any atom is 3.00 e. The molecule has 0 N–H and O–H groups in total. The summed E-state index contributed by atoms with van der Waals surface area (Å²) in [5, 5.41) is 0. The van der Waals surface area contributed by atoms with Crippen LogP contribution in [0.4, 0.5) is 0 Å². The summed E-state index contributed by atoms with van der Waals surface area (Å²) in [4.78, 5) is 51.1. The normalized spacial score (nSPS) is 4.50. The van der Waals surface area contributed by atoms with Crippen molar-refractivity contribution in [2.75, 3.05) is 0 Å². The summed E-state index contributed by atoms with van der Waals surface area (Å²) in [6.07, 6.45) is 0. The van der Waals surface area contributed by atoms with Crippen LogP contribution in [0.15, 0.2) is 0 Å². The minimum atomic E-state index is -3.63. The minimum absolute atomic E-state index is 0. The first kappa shape index (κ1) is 44.4. The fourth-order valence-electron chi connectivity index (χ4n) is 0. The molecule has 0 aliphatic rings. The Balaban J connectivity index is -0.0000000135. The van der Waals surface area contributed by atoms with E-state index >= 15 is 0 Å². The van der Waals surface area contributed by atoms with Gasteiger partial charge in [0.15, 0.2) is 0 Å². The second-order valence-electron chi connectivity index (χ2n) is 0.750. The van der Waals surface area contributed by atoms with Crippen LogP contribution in [-0.2, 0) is 13.4 Å². The van der Waals surface area contributed by atoms with Gasteiger partial charge in [-0.25, -0.2) is 0 Å². The molecule has 78 valence electrons. The van der Waals surface area contributed by atoms with Crippen molar-refractivity contribution in [3.8, 4) is 0 Å². The zero-order valence-electron chi connectivity index (χ0n) is 7.48. The second-order valence-corrected chi connectivity index (χ2v) is 2.25. The molecule has 9 nitrogen and oxygen atoms in total. The van der Waals surface area contributed by atoms with Crippen molar-refractivity contribution >= 4 is 79.1 Å². The van der Waals surface area contributed by atoms with E-state index in [-0.39, 0.29) is 51.5 Å². The standard InChI is InChI=1S/2Al.2B.3O3Si/c;;;;3*1-4(2)3/q2*+3;;;3*-2. The molecule has 0 fully saturated rings. The van der Waals surface area contributed by atoms with Gasteiger partial charge in [0.1, 0.15) is 0 Å². The summed E-state index contributed by atoms with van der Waals surface area (Å²) in [6, 6.07) is 0. The summed E-state index contributed by atoms with van der Waals surface area (Å²) in [6.45, 7) is 0. The third-order valence-electron chi connectivity index (χ3n) is 0. The van der Waals surface area contributed by atoms with Crippen LogP contribution in [0.2, 0.25) is 0 Å². The van der Waals surface area contributed by atoms with Crippen LogP contribution in [-0.4, -0.2) is 79.1 Å². The zero-order valence-corrected chi connectivity index (χ0v) is 12.8. The topological polar surface area (TPSA) is 190 Å². The summed E-state index contributed by atoms with van der Waals surface area (Å²) in [5.74, 6) is 0. The van der Waals surface area contributed by atoms with Gasteiger partial charge in [-0.1, -0.05) is 0 Å². The molecular weight excluding hydrogens is 304 g/mol. The second kappa shape index (κ2) is 36.3. The molecule has 0 bridgehead atoms. The summed E-state index contributed by atoms with van der Waals surface area (Å²) in [5.41, 5.74) is 0. The van der Waals surface area contributed by atoms with E-state index in [1.807, 2.05) is 0 Å². The predicted molar refractivity (Wildman–Crippen MR) is 42.3 cm³/mol. The molecule has 0 unspecified atom stereocenters. The minimum Gasteiger partial charge on any atom is -0.672 e. The van der Waals surface area contributed by atoms with Gasteiger partial charge in [-0.3, -0.25) is 0 Å². The molecule has 0 aromatic carbocycles. The Hall–Kier alpha value is 0.0455. The van der Waals surface area contributed by atoms with Crippen LogP contribution >= 0.6 is 0 Å². The van der Waals surface area contributed by atoms with Crippen molar-refractivity contribution in [3.05, 3.63) is 0 Å². The van der Waals surface area contributed by atoms with Crippen LogP contribution in [0.1, 0.15) is 0 Å². The van der Waals surface area contributed by atoms with E-state index in [0.717, 1.165) is 0 Å². The molecule has 0 atom stereocenters. The fourth-order valence-corrected chi connectivity index (χ4v) is 0. The molecule has 0 aliphatic carbocycles. The van der Waals surface area contributed by atoms with Crippen molar-refractivity contribution in [3.63, 3.8) is 0 Å². The summed E-state index contributed by atoms with van der Waals surface area (Å²) >= 11 is 0. The van der Waals surface area contributed by atoms with Crippen molar-refractivity contribution in [2.45, 2.75) is 0 Å². The third kappa shape index (κ3) is 1160000. The molecule has 6 radical (unpaired) electrons. The molecule has 0 heterocycles. The maximum atomic E-state index is 8.52. The molecule has 0 amide bonds. The molecule has 0 aromatic rings. The summed E-state index contributed by atoms with van der Waals surface area (Å²) in [7, 11) is -10.9. The first-order valence-corrected chi connectivity index (χ1v) is 5.51. The Bertz CT molecular complexity index is 124. The third-order valence-corrected chi connectivity index (χ3v) is 0. The number of rotatable bonds is 0. The Labute approximate surface area is 121 Å². The van der Waals surface area contributed by atoms with Gasteiger partial charge in [-0.05, 0) is 0 Å². The Morgan fingerprint density at radius 2 is 0.500 bits per heavy atom. The van der Waals surface area contributed by atoms with Crippen LogP contribution in [0.3, 0.4) is 0 Å². The molecule has 16 heavy (non-hydrogen) atoms. The van der Waals surface area contributed by atoms with Crippen LogP contribution < -0.4 is 28.8 Å². The zero-order chi connectivity index (χ0) is 10.7. The predicted octanol–water partition coefficient (Wildman–Crippen LogP) is -10.2.